The van der Waals surface area contributed by atoms with Gasteiger partial charge in [0.05, 0.1) is 12.0 Å². The Kier molecular flexibility index (Phi) is 1.87. The monoisotopic (exact) mass is 192 g/mol. The Morgan fingerprint density at radius 2 is 2.21 bits per heavy atom. The van der Waals surface area contributed by atoms with E-state index in [1.165, 1.54) is 6.33 Å². The second-order valence-electron chi connectivity index (χ2n) is 3.55. The smallest absolute Gasteiger partial charge is 0.262 e. The highest BCUT2D eigenvalue weighted by molar-refractivity contribution is 5.76. The molecule has 0 fully saturated rings. The van der Waals surface area contributed by atoms with Gasteiger partial charge in [0.2, 0.25) is 0 Å². The molecule has 0 radical (unpaired) electrons. The second kappa shape index (κ2) is 2.94. The summed E-state index contributed by atoms with van der Waals surface area (Å²) < 4.78 is 1.81. The first-order valence-electron chi connectivity index (χ1n) is 4.53. The Bertz CT molecular complexity index is 523. The van der Waals surface area contributed by atoms with Crippen LogP contribution in [-0.2, 0) is 0 Å². The molecule has 0 amide bonds. The Balaban J connectivity index is 2.88. The van der Waals surface area contributed by atoms with Crippen LogP contribution in [0, 0.1) is 6.92 Å². The van der Waals surface area contributed by atoms with Crippen molar-refractivity contribution in [2.24, 2.45) is 0 Å². The molecular formula is C9H12N4O. The first-order valence-corrected chi connectivity index (χ1v) is 4.53. The Morgan fingerprint density at radius 1 is 1.50 bits per heavy atom. The molecule has 0 saturated carbocycles. The van der Waals surface area contributed by atoms with Gasteiger partial charge in [-0.15, -0.1) is 0 Å². The highest BCUT2D eigenvalue weighted by Crippen LogP contribution is 2.14. The number of rotatable bonds is 1. The quantitative estimate of drug-likeness (QED) is 0.733. The zero-order valence-corrected chi connectivity index (χ0v) is 8.40. The number of hydrogen-bond acceptors (Lipinski definition) is 3. The van der Waals surface area contributed by atoms with E-state index in [2.05, 4.69) is 15.1 Å². The molecule has 0 bridgehead atoms. The van der Waals surface area contributed by atoms with Crippen molar-refractivity contribution in [3.63, 3.8) is 0 Å². The molecule has 5 nitrogen and oxygen atoms in total. The minimum Gasteiger partial charge on any atom is -0.312 e. The van der Waals surface area contributed by atoms with E-state index in [1.807, 2.05) is 25.5 Å². The summed E-state index contributed by atoms with van der Waals surface area (Å²) >= 11 is 0. The minimum atomic E-state index is -0.126. The molecule has 0 atom stereocenters. The van der Waals surface area contributed by atoms with Gasteiger partial charge in [0.1, 0.15) is 5.39 Å². The molecule has 0 unspecified atom stereocenters. The summed E-state index contributed by atoms with van der Waals surface area (Å²) in [5, 5.41) is 4.84. The van der Waals surface area contributed by atoms with Crippen molar-refractivity contribution in [1.29, 1.82) is 0 Å². The van der Waals surface area contributed by atoms with E-state index >= 15 is 0 Å². The maximum atomic E-state index is 11.5. The van der Waals surface area contributed by atoms with Crippen LogP contribution >= 0.6 is 0 Å². The van der Waals surface area contributed by atoms with Gasteiger partial charge in [0, 0.05) is 6.04 Å². The fraction of sp³-hybridized carbons (Fsp3) is 0.444. The van der Waals surface area contributed by atoms with Gasteiger partial charge in [0.15, 0.2) is 5.65 Å². The maximum Gasteiger partial charge on any atom is 0.262 e. The van der Waals surface area contributed by atoms with Crippen LogP contribution in [0.25, 0.3) is 11.0 Å². The average molecular weight is 192 g/mol. The number of nitrogens with zero attached hydrogens (tertiary/aromatic N) is 3. The van der Waals surface area contributed by atoms with Crippen molar-refractivity contribution in [1.82, 2.24) is 19.7 Å². The molecule has 0 aliphatic heterocycles. The number of nitrogens with one attached hydrogen (secondary N) is 1. The minimum absolute atomic E-state index is 0.126. The van der Waals surface area contributed by atoms with Crippen molar-refractivity contribution in [2.75, 3.05) is 0 Å². The van der Waals surface area contributed by atoms with Gasteiger partial charge in [-0.3, -0.25) is 9.48 Å². The topological polar surface area (TPSA) is 63.6 Å². The van der Waals surface area contributed by atoms with Gasteiger partial charge in [-0.1, -0.05) is 0 Å². The lowest BCUT2D eigenvalue weighted by Crippen LogP contribution is -2.07. The Labute approximate surface area is 80.8 Å². The third kappa shape index (κ3) is 1.13. The van der Waals surface area contributed by atoms with Crippen LogP contribution < -0.4 is 5.56 Å². The normalized spacial score (nSPS) is 11.4. The van der Waals surface area contributed by atoms with E-state index in [0.717, 1.165) is 5.69 Å². The first kappa shape index (κ1) is 8.93. The number of hydrogen-bond donors (Lipinski definition) is 1. The summed E-state index contributed by atoms with van der Waals surface area (Å²) in [6.07, 6.45) is 1.38. The zero-order chi connectivity index (χ0) is 10.3. The third-order valence-corrected chi connectivity index (χ3v) is 2.23. The van der Waals surface area contributed by atoms with Crippen LogP contribution in [0.15, 0.2) is 11.1 Å². The number of aromatic amines is 1. The second-order valence-corrected chi connectivity index (χ2v) is 3.55. The van der Waals surface area contributed by atoms with Gasteiger partial charge in [0.25, 0.3) is 5.56 Å². The Hall–Kier alpha value is -1.65. The SMILES string of the molecule is Cc1c2c(=O)[nH]cnc2nn1C(C)C. The van der Waals surface area contributed by atoms with Crippen LogP contribution in [0.5, 0.6) is 0 Å². The van der Waals surface area contributed by atoms with Gasteiger partial charge in [-0.05, 0) is 20.8 Å². The molecule has 0 spiro atoms. The molecule has 2 heterocycles. The molecule has 2 aromatic heterocycles. The lowest BCUT2D eigenvalue weighted by Gasteiger charge is -2.06. The average Bonchev–Trinajstić information content (AvgIpc) is 2.45. The summed E-state index contributed by atoms with van der Waals surface area (Å²) in [7, 11) is 0. The fourth-order valence-electron chi connectivity index (χ4n) is 1.59. The Morgan fingerprint density at radius 3 is 2.79 bits per heavy atom. The van der Waals surface area contributed by atoms with Gasteiger partial charge in [-0.2, -0.15) is 5.10 Å². The molecule has 14 heavy (non-hydrogen) atoms. The van der Waals surface area contributed by atoms with Crippen LogP contribution in [0.2, 0.25) is 0 Å². The van der Waals surface area contributed by atoms with Crippen LogP contribution in [-0.4, -0.2) is 19.7 Å². The van der Waals surface area contributed by atoms with Gasteiger partial charge >= 0.3 is 0 Å². The molecule has 0 aromatic carbocycles. The zero-order valence-electron chi connectivity index (χ0n) is 8.40. The summed E-state index contributed by atoms with van der Waals surface area (Å²) in [5.74, 6) is 0. The van der Waals surface area contributed by atoms with Crippen molar-refractivity contribution in [2.45, 2.75) is 26.8 Å². The standard InChI is InChI=1S/C9H12N4O/c1-5(2)13-6(3)7-8(12-13)10-4-11-9(7)14/h4-5H,1-3H3,(H,10,11,12,14). The summed E-state index contributed by atoms with van der Waals surface area (Å²) in [4.78, 5) is 18.1. The molecule has 1 N–H and O–H groups in total. The largest absolute Gasteiger partial charge is 0.312 e. The summed E-state index contributed by atoms with van der Waals surface area (Å²) in [6, 6.07) is 0.239. The predicted octanol–water partition coefficient (Wildman–Crippen LogP) is 1.01. The summed E-state index contributed by atoms with van der Waals surface area (Å²) in [5.41, 5.74) is 1.25. The first-order chi connectivity index (χ1) is 6.61. The summed E-state index contributed by atoms with van der Waals surface area (Å²) in [6.45, 7) is 5.92. The molecule has 2 aromatic rings. The lowest BCUT2D eigenvalue weighted by molar-refractivity contribution is 0.523. The van der Waals surface area contributed by atoms with Crippen LogP contribution in [0.3, 0.4) is 0 Å². The van der Waals surface area contributed by atoms with Crippen molar-refractivity contribution >= 4 is 11.0 Å². The van der Waals surface area contributed by atoms with Gasteiger partial charge in [-0.25, -0.2) is 4.98 Å². The molecule has 0 aliphatic rings. The van der Waals surface area contributed by atoms with Gasteiger partial charge < -0.3 is 4.98 Å². The maximum absolute atomic E-state index is 11.5. The van der Waals surface area contributed by atoms with E-state index in [0.29, 0.717) is 11.0 Å². The fourth-order valence-corrected chi connectivity index (χ4v) is 1.59. The third-order valence-electron chi connectivity index (χ3n) is 2.23. The van der Waals surface area contributed by atoms with E-state index in [-0.39, 0.29) is 11.6 Å². The van der Waals surface area contributed by atoms with E-state index in [1.54, 1.807) is 0 Å². The number of fused-ring (bicyclic) bond motifs is 1. The lowest BCUT2D eigenvalue weighted by atomic mass is 10.3. The molecule has 2 rings (SSSR count). The molecular weight excluding hydrogens is 180 g/mol. The number of aromatic nitrogens is 4. The van der Waals surface area contributed by atoms with Crippen LogP contribution in [0.1, 0.15) is 25.6 Å². The van der Waals surface area contributed by atoms with Crippen molar-refractivity contribution in [3.05, 3.63) is 22.4 Å². The molecule has 74 valence electrons. The van der Waals surface area contributed by atoms with Crippen molar-refractivity contribution in [3.8, 4) is 0 Å². The number of aryl methyl sites for hydroxylation is 1. The van der Waals surface area contributed by atoms with E-state index < -0.39 is 0 Å². The van der Waals surface area contributed by atoms with Crippen LogP contribution in [0.4, 0.5) is 0 Å². The molecule has 5 heteroatoms. The van der Waals surface area contributed by atoms with E-state index in [9.17, 15) is 4.79 Å². The highest BCUT2D eigenvalue weighted by Gasteiger charge is 2.12. The van der Waals surface area contributed by atoms with Crippen molar-refractivity contribution < 1.29 is 0 Å². The molecule has 0 saturated heterocycles. The predicted molar refractivity (Wildman–Crippen MR) is 53.3 cm³/mol. The molecule has 0 aliphatic carbocycles. The van der Waals surface area contributed by atoms with E-state index in [4.69, 9.17) is 0 Å². The number of H-pyrrole nitrogens is 1. The highest BCUT2D eigenvalue weighted by atomic mass is 16.1.